The predicted octanol–water partition coefficient (Wildman–Crippen LogP) is 2.22. The quantitative estimate of drug-likeness (QED) is 0.894. The van der Waals surface area contributed by atoms with E-state index in [2.05, 4.69) is 10.6 Å². The van der Waals surface area contributed by atoms with Crippen LogP contribution in [0.2, 0.25) is 0 Å². The number of amides is 3. The Kier molecular flexibility index (Phi) is 4.69. The van der Waals surface area contributed by atoms with Gasteiger partial charge in [0.2, 0.25) is 5.91 Å². The Morgan fingerprint density at radius 1 is 1.26 bits per heavy atom. The van der Waals surface area contributed by atoms with Crippen LogP contribution in [0.3, 0.4) is 0 Å². The summed E-state index contributed by atoms with van der Waals surface area (Å²) in [5.41, 5.74) is 0.717. The lowest BCUT2D eigenvalue weighted by atomic mass is 9.97. The van der Waals surface area contributed by atoms with Crippen LogP contribution in [-0.2, 0) is 4.79 Å². The number of likely N-dealkylation sites (tertiary alicyclic amines) is 1. The molecule has 1 aliphatic carbocycles. The van der Waals surface area contributed by atoms with Crippen LogP contribution in [0, 0.1) is 5.92 Å². The summed E-state index contributed by atoms with van der Waals surface area (Å²) in [5.74, 6) is 0.499. The third-order valence-corrected chi connectivity index (χ3v) is 4.32. The Hall–Kier alpha value is -2.24. The number of urea groups is 1. The molecule has 1 aliphatic heterocycles. The highest BCUT2D eigenvalue weighted by Crippen LogP contribution is 2.23. The number of carbonyl (C=O) groups is 2. The lowest BCUT2D eigenvalue weighted by molar-refractivity contribution is -0.121. The van der Waals surface area contributed by atoms with E-state index >= 15 is 0 Å². The van der Waals surface area contributed by atoms with E-state index in [1.165, 1.54) is 0 Å². The molecule has 3 amide bonds. The average Bonchev–Trinajstić information content (AvgIpc) is 3.39. The number of rotatable bonds is 4. The molecule has 0 aromatic heterocycles. The highest BCUT2D eigenvalue weighted by atomic mass is 16.5. The minimum atomic E-state index is -0.167. The number of hydrogen-bond donors (Lipinski definition) is 2. The van der Waals surface area contributed by atoms with Gasteiger partial charge in [-0.05, 0) is 37.8 Å². The zero-order valence-corrected chi connectivity index (χ0v) is 13.4. The molecule has 1 aromatic rings. The molecule has 2 N–H and O–H groups in total. The number of piperidine rings is 1. The van der Waals surface area contributed by atoms with E-state index in [4.69, 9.17) is 4.74 Å². The first-order valence-electron chi connectivity index (χ1n) is 8.16. The van der Waals surface area contributed by atoms with Crippen molar-refractivity contribution in [1.82, 2.24) is 10.2 Å². The molecule has 3 rings (SSSR count). The summed E-state index contributed by atoms with van der Waals surface area (Å²) >= 11 is 0. The lowest BCUT2D eigenvalue weighted by Crippen LogP contribution is -2.48. The molecule has 6 heteroatoms. The molecule has 1 saturated heterocycles. The molecule has 0 radical (unpaired) electrons. The number of anilines is 1. The van der Waals surface area contributed by atoms with Gasteiger partial charge in [-0.3, -0.25) is 4.79 Å². The van der Waals surface area contributed by atoms with E-state index < -0.39 is 0 Å². The zero-order valence-electron chi connectivity index (χ0n) is 13.4. The van der Waals surface area contributed by atoms with Crippen LogP contribution >= 0.6 is 0 Å². The number of nitrogens with zero attached hydrogens (tertiary/aromatic N) is 1. The number of hydrogen-bond acceptors (Lipinski definition) is 3. The summed E-state index contributed by atoms with van der Waals surface area (Å²) in [7, 11) is 1.60. The van der Waals surface area contributed by atoms with Gasteiger partial charge in [0.25, 0.3) is 0 Å². The molecule has 6 nitrogen and oxygen atoms in total. The van der Waals surface area contributed by atoms with Crippen molar-refractivity contribution in [1.29, 1.82) is 0 Å². The molecule has 0 spiro atoms. The number of methoxy groups -OCH3 is 1. The third kappa shape index (κ3) is 4.15. The maximum Gasteiger partial charge on any atom is 0.317 e. The first-order valence-corrected chi connectivity index (χ1v) is 8.16. The van der Waals surface area contributed by atoms with Gasteiger partial charge in [0.15, 0.2) is 0 Å². The van der Waals surface area contributed by atoms with E-state index in [0.29, 0.717) is 24.0 Å². The van der Waals surface area contributed by atoms with Crippen LogP contribution in [0.4, 0.5) is 10.5 Å². The summed E-state index contributed by atoms with van der Waals surface area (Å²) in [6.07, 6.45) is 3.80. The smallest absolute Gasteiger partial charge is 0.317 e. The number of nitrogens with one attached hydrogen (secondary N) is 2. The van der Waals surface area contributed by atoms with Crippen molar-refractivity contribution in [2.45, 2.75) is 31.7 Å². The van der Waals surface area contributed by atoms with E-state index in [1.807, 2.05) is 18.2 Å². The molecular formula is C17H23N3O3. The van der Waals surface area contributed by atoms with Crippen LogP contribution < -0.4 is 15.4 Å². The van der Waals surface area contributed by atoms with Crippen LogP contribution in [0.1, 0.15) is 25.7 Å². The Bertz CT molecular complexity index is 586. The topological polar surface area (TPSA) is 70.7 Å². The van der Waals surface area contributed by atoms with E-state index in [-0.39, 0.29) is 17.9 Å². The largest absolute Gasteiger partial charge is 0.497 e. The summed E-state index contributed by atoms with van der Waals surface area (Å²) in [5, 5.41) is 5.91. The fraction of sp³-hybridized carbons (Fsp3) is 0.529. The minimum absolute atomic E-state index is 0.0358. The fourth-order valence-corrected chi connectivity index (χ4v) is 2.81. The lowest BCUT2D eigenvalue weighted by Gasteiger charge is -2.32. The molecule has 1 aromatic carbocycles. The van der Waals surface area contributed by atoms with Gasteiger partial charge in [-0.15, -0.1) is 0 Å². The van der Waals surface area contributed by atoms with Gasteiger partial charge in [-0.25, -0.2) is 4.79 Å². The molecule has 124 valence electrons. The molecule has 1 heterocycles. The summed E-state index contributed by atoms with van der Waals surface area (Å²) in [6.45, 7) is 1.20. The summed E-state index contributed by atoms with van der Waals surface area (Å²) in [6, 6.07) is 7.60. The Morgan fingerprint density at radius 3 is 2.83 bits per heavy atom. The molecular weight excluding hydrogens is 294 g/mol. The van der Waals surface area contributed by atoms with E-state index in [9.17, 15) is 9.59 Å². The van der Waals surface area contributed by atoms with Crippen molar-refractivity contribution in [2.24, 2.45) is 5.92 Å². The summed E-state index contributed by atoms with van der Waals surface area (Å²) < 4.78 is 5.16. The molecule has 0 bridgehead atoms. The SMILES string of the molecule is COc1cccc(NC(=O)C2CCCN(C(=O)NC3CC3)C2)c1. The summed E-state index contributed by atoms with van der Waals surface area (Å²) in [4.78, 5) is 26.3. The number of carbonyl (C=O) groups excluding carboxylic acids is 2. The van der Waals surface area contributed by atoms with Gasteiger partial charge in [-0.2, -0.15) is 0 Å². The second-order valence-electron chi connectivity index (χ2n) is 6.23. The first-order chi connectivity index (χ1) is 11.2. The van der Waals surface area contributed by atoms with Crippen molar-refractivity contribution >= 4 is 17.6 Å². The van der Waals surface area contributed by atoms with Crippen molar-refractivity contribution < 1.29 is 14.3 Å². The third-order valence-electron chi connectivity index (χ3n) is 4.32. The second-order valence-corrected chi connectivity index (χ2v) is 6.23. The van der Waals surface area contributed by atoms with Crippen LogP contribution in [0.5, 0.6) is 5.75 Å². The van der Waals surface area contributed by atoms with Crippen LogP contribution in [0.25, 0.3) is 0 Å². The Balaban J connectivity index is 1.56. The van der Waals surface area contributed by atoms with Gasteiger partial charge in [0, 0.05) is 30.9 Å². The monoisotopic (exact) mass is 317 g/mol. The first kappa shape index (κ1) is 15.6. The van der Waals surface area contributed by atoms with Crippen molar-refractivity contribution in [3.63, 3.8) is 0 Å². The molecule has 2 fully saturated rings. The van der Waals surface area contributed by atoms with E-state index in [0.717, 1.165) is 32.2 Å². The Labute approximate surface area is 136 Å². The number of ether oxygens (including phenoxy) is 1. The van der Waals surface area contributed by atoms with Gasteiger partial charge in [-0.1, -0.05) is 6.07 Å². The minimum Gasteiger partial charge on any atom is -0.497 e. The van der Waals surface area contributed by atoms with Crippen LogP contribution in [0.15, 0.2) is 24.3 Å². The van der Waals surface area contributed by atoms with Crippen LogP contribution in [-0.4, -0.2) is 43.1 Å². The highest BCUT2D eigenvalue weighted by Gasteiger charge is 2.31. The van der Waals surface area contributed by atoms with E-state index in [1.54, 1.807) is 18.1 Å². The second kappa shape index (κ2) is 6.89. The fourth-order valence-electron chi connectivity index (χ4n) is 2.81. The molecule has 1 saturated carbocycles. The maximum atomic E-state index is 12.5. The molecule has 2 aliphatic rings. The number of benzene rings is 1. The predicted molar refractivity (Wildman–Crippen MR) is 87.5 cm³/mol. The van der Waals surface area contributed by atoms with Crippen molar-refractivity contribution in [3.8, 4) is 5.75 Å². The van der Waals surface area contributed by atoms with Gasteiger partial charge in [0.05, 0.1) is 13.0 Å². The molecule has 1 atom stereocenters. The molecule has 1 unspecified atom stereocenters. The standard InChI is InChI=1S/C17H23N3O3/c1-23-15-6-2-5-14(10-15)18-16(21)12-4-3-9-20(11-12)17(22)19-13-7-8-13/h2,5-6,10,12-13H,3-4,7-9,11H2,1H3,(H,18,21)(H,19,22). The normalized spacial score (nSPS) is 20.7. The van der Waals surface area contributed by atoms with Gasteiger partial charge < -0.3 is 20.3 Å². The van der Waals surface area contributed by atoms with Crippen molar-refractivity contribution in [2.75, 3.05) is 25.5 Å². The zero-order chi connectivity index (χ0) is 16.2. The Morgan fingerprint density at radius 2 is 2.09 bits per heavy atom. The van der Waals surface area contributed by atoms with Gasteiger partial charge in [0.1, 0.15) is 5.75 Å². The average molecular weight is 317 g/mol. The maximum absolute atomic E-state index is 12.5. The van der Waals surface area contributed by atoms with Gasteiger partial charge >= 0.3 is 6.03 Å². The van der Waals surface area contributed by atoms with Crippen molar-refractivity contribution in [3.05, 3.63) is 24.3 Å². The molecule has 23 heavy (non-hydrogen) atoms. The highest BCUT2D eigenvalue weighted by molar-refractivity contribution is 5.93.